The Morgan fingerprint density at radius 1 is 1.22 bits per heavy atom. The predicted octanol–water partition coefficient (Wildman–Crippen LogP) is 3.42. The summed E-state index contributed by atoms with van der Waals surface area (Å²) in [6.45, 7) is 2.13. The highest BCUT2D eigenvalue weighted by Gasteiger charge is 2.17. The molecule has 1 amide bonds. The number of thioether (sulfide) groups is 1. The van der Waals surface area contributed by atoms with Crippen LogP contribution in [0.1, 0.15) is 12.5 Å². The summed E-state index contributed by atoms with van der Waals surface area (Å²) in [6.07, 6.45) is 0. The Labute approximate surface area is 160 Å². The number of benzene rings is 2. The molecule has 0 aliphatic heterocycles. The van der Waals surface area contributed by atoms with Gasteiger partial charge in [-0.15, -0.1) is 5.10 Å². The van der Waals surface area contributed by atoms with Crippen molar-refractivity contribution in [2.24, 2.45) is 0 Å². The van der Waals surface area contributed by atoms with Crippen LogP contribution in [0.4, 0.5) is 4.39 Å². The maximum absolute atomic E-state index is 12.9. The molecular formula is C19H19FN4O2S. The molecular weight excluding hydrogens is 367 g/mol. The van der Waals surface area contributed by atoms with Gasteiger partial charge in [0.1, 0.15) is 11.6 Å². The molecule has 6 nitrogen and oxygen atoms in total. The number of amides is 1. The molecule has 0 bridgehead atoms. The van der Waals surface area contributed by atoms with Crippen LogP contribution in [0.3, 0.4) is 0 Å². The lowest BCUT2D eigenvalue weighted by Crippen LogP contribution is -2.30. The Kier molecular flexibility index (Phi) is 6.08. The normalized spacial score (nSPS) is 11.8. The van der Waals surface area contributed by atoms with Gasteiger partial charge in [0.2, 0.25) is 11.1 Å². The van der Waals surface area contributed by atoms with Crippen LogP contribution < -0.4 is 10.1 Å². The van der Waals surface area contributed by atoms with E-state index in [4.69, 9.17) is 4.74 Å². The van der Waals surface area contributed by atoms with Crippen molar-refractivity contribution in [3.05, 3.63) is 59.9 Å². The van der Waals surface area contributed by atoms with Crippen LogP contribution in [-0.2, 0) is 11.3 Å². The van der Waals surface area contributed by atoms with Crippen molar-refractivity contribution >= 4 is 17.7 Å². The minimum atomic E-state index is -0.370. The van der Waals surface area contributed by atoms with Crippen molar-refractivity contribution in [2.45, 2.75) is 23.9 Å². The number of aromatic nitrogens is 3. The molecule has 0 spiro atoms. The van der Waals surface area contributed by atoms with Crippen molar-refractivity contribution in [3.63, 3.8) is 0 Å². The van der Waals surface area contributed by atoms with Crippen LogP contribution in [0.5, 0.6) is 5.75 Å². The first-order chi connectivity index (χ1) is 13.0. The largest absolute Gasteiger partial charge is 0.497 e. The third kappa shape index (κ3) is 5.07. The average molecular weight is 386 g/mol. The zero-order valence-electron chi connectivity index (χ0n) is 14.9. The molecule has 140 valence electrons. The Hall–Kier alpha value is -2.87. The topological polar surface area (TPSA) is 79.9 Å². The van der Waals surface area contributed by atoms with Gasteiger partial charge in [-0.1, -0.05) is 23.9 Å². The van der Waals surface area contributed by atoms with Crippen molar-refractivity contribution in [2.75, 3.05) is 7.11 Å². The molecule has 3 rings (SSSR count). The number of H-pyrrole nitrogens is 1. The van der Waals surface area contributed by atoms with Crippen LogP contribution in [-0.4, -0.2) is 33.4 Å². The lowest BCUT2D eigenvalue weighted by atomic mass is 10.2. The smallest absolute Gasteiger partial charge is 0.233 e. The standard InChI is InChI=1S/C19H19FN4O2S/c1-12(18(25)21-11-13-3-7-15(20)8-4-13)27-19-22-17(23-24-19)14-5-9-16(26-2)10-6-14/h3-10,12H,11H2,1-2H3,(H,21,25)(H,22,23,24)/t12-/m1/s1. The highest BCUT2D eigenvalue weighted by molar-refractivity contribution is 8.00. The number of hydrogen-bond acceptors (Lipinski definition) is 5. The molecule has 0 aliphatic carbocycles. The van der Waals surface area contributed by atoms with E-state index in [1.54, 1.807) is 26.2 Å². The number of methoxy groups -OCH3 is 1. The van der Waals surface area contributed by atoms with Gasteiger partial charge in [-0.3, -0.25) is 9.89 Å². The minimum Gasteiger partial charge on any atom is -0.497 e. The van der Waals surface area contributed by atoms with E-state index in [0.29, 0.717) is 17.5 Å². The number of nitrogens with zero attached hydrogens (tertiary/aromatic N) is 2. The van der Waals surface area contributed by atoms with Crippen LogP contribution in [0.2, 0.25) is 0 Å². The summed E-state index contributed by atoms with van der Waals surface area (Å²) >= 11 is 1.26. The van der Waals surface area contributed by atoms with E-state index in [-0.39, 0.29) is 17.0 Å². The molecule has 27 heavy (non-hydrogen) atoms. The molecule has 1 heterocycles. The molecule has 2 aromatic carbocycles. The molecule has 0 saturated carbocycles. The van der Waals surface area contributed by atoms with Crippen LogP contribution in [0.25, 0.3) is 11.4 Å². The Morgan fingerprint density at radius 2 is 1.93 bits per heavy atom. The summed E-state index contributed by atoms with van der Waals surface area (Å²) in [5.41, 5.74) is 1.71. The van der Waals surface area contributed by atoms with Crippen molar-refractivity contribution in [1.82, 2.24) is 20.5 Å². The highest BCUT2D eigenvalue weighted by atomic mass is 32.2. The quantitative estimate of drug-likeness (QED) is 0.608. The summed E-state index contributed by atoms with van der Waals surface area (Å²) in [7, 11) is 1.61. The van der Waals surface area contributed by atoms with E-state index in [9.17, 15) is 9.18 Å². The number of carbonyl (C=O) groups is 1. The fraction of sp³-hybridized carbons (Fsp3) is 0.211. The third-order valence-electron chi connectivity index (χ3n) is 3.86. The molecule has 0 aliphatic rings. The van der Waals surface area contributed by atoms with Crippen LogP contribution in [0.15, 0.2) is 53.7 Å². The van der Waals surface area contributed by atoms with Crippen LogP contribution in [0, 0.1) is 5.82 Å². The third-order valence-corrected chi connectivity index (χ3v) is 4.82. The maximum atomic E-state index is 12.9. The van der Waals surface area contributed by atoms with E-state index < -0.39 is 0 Å². The van der Waals surface area contributed by atoms with Gasteiger partial charge in [0.15, 0.2) is 5.82 Å². The van der Waals surface area contributed by atoms with E-state index in [2.05, 4.69) is 20.5 Å². The second kappa shape index (κ2) is 8.68. The molecule has 1 atom stereocenters. The number of aromatic amines is 1. The SMILES string of the molecule is COc1ccc(-c2nc(S[C@H](C)C(=O)NCc3ccc(F)cc3)n[nH]2)cc1. The van der Waals surface area contributed by atoms with E-state index in [1.165, 1.54) is 23.9 Å². The van der Waals surface area contributed by atoms with Gasteiger partial charge in [-0.05, 0) is 48.9 Å². The van der Waals surface area contributed by atoms with Crippen LogP contribution >= 0.6 is 11.8 Å². The summed E-state index contributed by atoms with van der Waals surface area (Å²) in [4.78, 5) is 16.7. The van der Waals surface area contributed by atoms with Gasteiger partial charge in [0.05, 0.1) is 12.4 Å². The first kappa shape index (κ1) is 18.9. The van der Waals surface area contributed by atoms with E-state index in [1.807, 2.05) is 24.3 Å². The Morgan fingerprint density at radius 3 is 2.59 bits per heavy atom. The van der Waals surface area contributed by atoms with Gasteiger partial charge >= 0.3 is 0 Å². The summed E-state index contributed by atoms with van der Waals surface area (Å²) < 4.78 is 18.0. The zero-order chi connectivity index (χ0) is 19.2. The number of halogens is 1. The van der Waals surface area contributed by atoms with Crippen molar-refractivity contribution < 1.29 is 13.9 Å². The zero-order valence-corrected chi connectivity index (χ0v) is 15.7. The number of carbonyl (C=O) groups excluding carboxylic acids is 1. The van der Waals surface area contributed by atoms with Gasteiger partial charge in [-0.25, -0.2) is 9.37 Å². The predicted molar refractivity (Wildman–Crippen MR) is 102 cm³/mol. The van der Waals surface area contributed by atoms with E-state index >= 15 is 0 Å². The number of rotatable bonds is 7. The first-order valence-electron chi connectivity index (χ1n) is 8.31. The maximum Gasteiger partial charge on any atom is 0.233 e. The Bertz CT molecular complexity index is 897. The Balaban J connectivity index is 1.55. The van der Waals surface area contributed by atoms with E-state index in [0.717, 1.165) is 16.9 Å². The van der Waals surface area contributed by atoms with Gasteiger partial charge in [0.25, 0.3) is 0 Å². The van der Waals surface area contributed by atoms with Gasteiger partial charge < -0.3 is 10.1 Å². The fourth-order valence-electron chi connectivity index (χ4n) is 2.32. The second-order valence-electron chi connectivity index (χ2n) is 5.80. The minimum absolute atomic E-state index is 0.139. The molecule has 1 aromatic heterocycles. The molecule has 8 heteroatoms. The second-order valence-corrected chi connectivity index (χ2v) is 7.11. The monoisotopic (exact) mass is 386 g/mol. The molecule has 0 saturated heterocycles. The lowest BCUT2D eigenvalue weighted by Gasteiger charge is -2.10. The number of hydrogen-bond donors (Lipinski definition) is 2. The molecule has 0 fully saturated rings. The fourth-order valence-corrected chi connectivity index (χ4v) is 3.07. The highest BCUT2D eigenvalue weighted by Crippen LogP contribution is 2.24. The summed E-state index contributed by atoms with van der Waals surface area (Å²) in [5.74, 6) is 0.949. The van der Waals surface area contributed by atoms with Gasteiger partial charge in [0, 0.05) is 12.1 Å². The van der Waals surface area contributed by atoms with Gasteiger partial charge in [-0.2, -0.15) is 0 Å². The molecule has 3 aromatic rings. The summed E-state index contributed by atoms with van der Waals surface area (Å²) in [6, 6.07) is 13.5. The summed E-state index contributed by atoms with van der Waals surface area (Å²) in [5, 5.41) is 9.98. The average Bonchev–Trinajstić information content (AvgIpc) is 3.15. The molecule has 0 radical (unpaired) electrons. The first-order valence-corrected chi connectivity index (χ1v) is 9.19. The number of ether oxygens (including phenoxy) is 1. The molecule has 0 unspecified atom stereocenters. The number of nitrogens with one attached hydrogen (secondary N) is 2. The van der Waals surface area contributed by atoms with Crippen molar-refractivity contribution in [1.29, 1.82) is 0 Å². The molecule has 2 N–H and O–H groups in total. The van der Waals surface area contributed by atoms with Crippen molar-refractivity contribution in [3.8, 4) is 17.1 Å². The lowest BCUT2D eigenvalue weighted by molar-refractivity contribution is -0.120.